The third-order valence-electron chi connectivity index (χ3n) is 1.40. The first-order valence-corrected chi connectivity index (χ1v) is 4.64. The molecular weight excluding hydrogens is 269 g/mol. The molecule has 14 heavy (non-hydrogen) atoms. The zero-order valence-electron chi connectivity index (χ0n) is 7.37. The molecule has 3 N–H and O–H groups in total. The van der Waals surface area contributed by atoms with Crippen LogP contribution in [0.25, 0.3) is 0 Å². The van der Waals surface area contributed by atoms with Crippen LogP contribution in [0.2, 0.25) is 0 Å². The summed E-state index contributed by atoms with van der Waals surface area (Å²) in [4.78, 5) is 15.3. The van der Waals surface area contributed by atoms with Crippen LogP contribution in [0.4, 0.5) is 0 Å². The lowest BCUT2D eigenvalue weighted by molar-refractivity contribution is 0.0949. The maximum absolute atomic E-state index is 11.4. The SMILES string of the molecule is Cl.NCCNC(=O)c1ncccc1Br. The minimum Gasteiger partial charge on any atom is -0.349 e. The number of carbonyl (C=O) groups excluding carboxylic acids is 1. The minimum atomic E-state index is -0.210. The summed E-state index contributed by atoms with van der Waals surface area (Å²) in [5.74, 6) is -0.210. The molecule has 1 aromatic rings. The van der Waals surface area contributed by atoms with E-state index in [2.05, 4.69) is 26.2 Å². The highest BCUT2D eigenvalue weighted by Crippen LogP contribution is 2.12. The summed E-state index contributed by atoms with van der Waals surface area (Å²) in [6.07, 6.45) is 1.57. The van der Waals surface area contributed by atoms with Crippen molar-refractivity contribution in [3.63, 3.8) is 0 Å². The van der Waals surface area contributed by atoms with Crippen molar-refractivity contribution in [3.05, 3.63) is 28.5 Å². The summed E-state index contributed by atoms with van der Waals surface area (Å²) >= 11 is 3.23. The van der Waals surface area contributed by atoms with E-state index in [9.17, 15) is 4.79 Å². The first-order valence-electron chi connectivity index (χ1n) is 3.84. The molecule has 0 saturated carbocycles. The zero-order valence-corrected chi connectivity index (χ0v) is 9.77. The summed E-state index contributed by atoms with van der Waals surface area (Å²) in [6, 6.07) is 3.52. The molecule has 0 spiro atoms. The quantitative estimate of drug-likeness (QED) is 0.866. The first-order chi connectivity index (χ1) is 6.25. The van der Waals surface area contributed by atoms with Crippen molar-refractivity contribution in [1.29, 1.82) is 0 Å². The maximum atomic E-state index is 11.4. The molecule has 0 bridgehead atoms. The summed E-state index contributed by atoms with van der Waals surface area (Å²) in [5, 5.41) is 2.63. The van der Waals surface area contributed by atoms with Gasteiger partial charge in [-0.15, -0.1) is 12.4 Å². The number of nitrogens with zero attached hydrogens (tertiary/aromatic N) is 1. The van der Waals surface area contributed by atoms with Crippen molar-refractivity contribution in [2.24, 2.45) is 5.73 Å². The molecule has 0 unspecified atom stereocenters. The third-order valence-corrected chi connectivity index (χ3v) is 2.04. The van der Waals surface area contributed by atoms with Crippen molar-refractivity contribution < 1.29 is 4.79 Å². The molecule has 0 atom stereocenters. The van der Waals surface area contributed by atoms with Gasteiger partial charge in [-0.25, -0.2) is 4.98 Å². The van der Waals surface area contributed by atoms with Crippen LogP contribution in [0.3, 0.4) is 0 Å². The monoisotopic (exact) mass is 279 g/mol. The molecule has 1 rings (SSSR count). The number of nitrogens with one attached hydrogen (secondary N) is 1. The van der Waals surface area contributed by atoms with Crippen molar-refractivity contribution in [2.45, 2.75) is 0 Å². The predicted octanol–water partition coefficient (Wildman–Crippen LogP) is 0.954. The number of hydrogen-bond acceptors (Lipinski definition) is 3. The van der Waals surface area contributed by atoms with Crippen LogP contribution in [0, 0.1) is 0 Å². The molecule has 0 aliphatic rings. The molecule has 0 aliphatic heterocycles. The van der Waals surface area contributed by atoms with Gasteiger partial charge < -0.3 is 11.1 Å². The number of rotatable bonds is 3. The van der Waals surface area contributed by atoms with E-state index in [0.29, 0.717) is 23.3 Å². The van der Waals surface area contributed by atoms with Gasteiger partial charge in [-0.1, -0.05) is 0 Å². The van der Waals surface area contributed by atoms with Crippen LogP contribution in [0.1, 0.15) is 10.5 Å². The fourth-order valence-corrected chi connectivity index (χ4v) is 1.26. The Labute approximate surface area is 96.8 Å². The van der Waals surface area contributed by atoms with Crippen molar-refractivity contribution >= 4 is 34.2 Å². The molecule has 0 saturated heterocycles. The van der Waals surface area contributed by atoms with Crippen LogP contribution >= 0.6 is 28.3 Å². The Morgan fingerprint density at radius 1 is 1.64 bits per heavy atom. The van der Waals surface area contributed by atoms with Crippen LogP contribution in [0.5, 0.6) is 0 Å². The van der Waals surface area contributed by atoms with Gasteiger partial charge in [-0.2, -0.15) is 0 Å². The average Bonchev–Trinajstić information content (AvgIpc) is 2.15. The van der Waals surface area contributed by atoms with Gasteiger partial charge in [0.2, 0.25) is 0 Å². The number of hydrogen-bond donors (Lipinski definition) is 2. The Bertz CT molecular complexity index is 308. The Kier molecular flexibility index (Phi) is 6.44. The number of nitrogens with two attached hydrogens (primary N) is 1. The second-order valence-corrected chi connectivity index (χ2v) is 3.23. The van der Waals surface area contributed by atoms with Gasteiger partial charge in [0.25, 0.3) is 5.91 Å². The molecule has 6 heteroatoms. The summed E-state index contributed by atoms with van der Waals surface area (Å²) in [7, 11) is 0. The Balaban J connectivity index is 0.00000169. The Hall–Kier alpha value is -0.650. The van der Waals surface area contributed by atoms with Gasteiger partial charge in [0.05, 0.1) is 0 Å². The van der Waals surface area contributed by atoms with Crippen LogP contribution in [-0.4, -0.2) is 24.0 Å². The van der Waals surface area contributed by atoms with E-state index < -0.39 is 0 Å². The fraction of sp³-hybridized carbons (Fsp3) is 0.250. The molecule has 0 fully saturated rings. The minimum absolute atomic E-state index is 0. The fourth-order valence-electron chi connectivity index (χ4n) is 0.822. The normalized spacial score (nSPS) is 9.00. The van der Waals surface area contributed by atoms with Crippen molar-refractivity contribution in [1.82, 2.24) is 10.3 Å². The third kappa shape index (κ3) is 3.61. The molecule has 4 nitrogen and oxygen atoms in total. The highest BCUT2D eigenvalue weighted by atomic mass is 79.9. The number of halogens is 2. The predicted molar refractivity (Wildman–Crippen MR) is 60.6 cm³/mol. The van der Waals surface area contributed by atoms with Gasteiger partial charge in [-0.05, 0) is 28.1 Å². The molecular formula is C8H11BrClN3O. The molecule has 78 valence electrons. The highest BCUT2D eigenvalue weighted by molar-refractivity contribution is 9.10. The van der Waals surface area contributed by atoms with Crippen LogP contribution in [0.15, 0.2) is 22.8 Å². The molecule has 1 aromatic heterocycles. The summed E-state index contributed by atoms with van der Waals surface area (Å²) < 4.78 is 0.685. The van der Waals surface area contributed by atoms with Crippen molar-refractivity contribution in [2.75, 3.05) is 13.1 Å². The number of amides is 1. The standard InChI is InChI=1S/C8H10BrN3O.ClH/c9-6-2-1-4-11-7(6)8(13)12-5-3-10;/h1-2,4H,3,5,10H2,(H,12,13);1H. The molecule has 0 radical (unpaired) electrons. The zero-order chi connectivity index (χ0) is 9.68. The van der Waals surface area contributed by atoms with Crippen molar-refractivity contribution in [3.8, 4) is 0 Å². The molecule has 1 amide bonds. The second-order valence-electron chi connectivity index (χ2n) is 2.38. The smallest absolute Gasteiger partial charge is 0.271 e. The van der Waals surface area contributed by atoms with Gasteiger partial charge in [-0.3, -0.25) is 4.79 Å². The molecule has 0 aliphatic carbocycles. The van der Waals surface area contributed by atoms with E-state index in [0.717, 1.165) is 0 Å². The van der Waals surface area contributed by atoms with E-state index in [4.69, 9.17) is 5.73 Å². The maximum Gasteiger partial charge on any atom is 0.271 e. The topological polar surface area (TPSA) is 68.0 Å². The van der Waals surface area contributed by atoms with E-state index in [1.54, 1.807) is 18.3 Å². The second kappa shape index (κ2) is 6.75. The number of carbonyl (C=O) groups is 1. The lowest BCUT2D eigenvalue weighted by atomic mass is 10.3. The molecule has 0 aromatic carbocycles. The van der Waals surface area contributed by atoms with Gasteiger partial charge in [0.1, 0.15) is 5.69 Å². The first kappa shape index (κ1) is 13.4. The van der Waals surface area contributed by atoms with Crippen LogP contribution in [-0.2, 0) is 0 Å². The van der Waals surface area contributed by atoms with E-state index >= 15 is 0 Å². The Morgan fingerprint density at radius 3 is 2.93 bits per heavy atom. The molecule has 1 heterocycles. The van der Waals surface area contributed by atoms with Gasteiger partial charge in [0.15, 0.2) is 0 Å². The summed E-state index contributed by atoms with van der Waals surface area (Å²) in [6.45, 7) is 0.887. The highest BCUT2D eigenvalue weighted by Gasteiger charge is 2.08. The number of aromatic nitrogens is 1. The summed E-state index contributed by atoms with van der Waals surface area (Å²) in [5.41, 5.74) is 5.63. The van der Waals surface area contributed by atoms with E-state index in [-0.39, 0.29) is 18.3 Å². The van der Waals surface area contributed by atoms with Crippen LogP contribution < -0.4 is 11.1 Å². The van der Waals surface area contributed by atoms with E-state index in [1.807, 2.05) is 0 Å². The Morgan fingerprint density at radius 2 is 2.36 bits per heavy atom. The largest absolute Gasteiger partial charge is 0.349 e. The lowest BCUT2D eigenvalue weighted by Gasteiger charge is -2.03. The average molecular weight is 281 g/mol. The van der Waals surface area contributed by atoms with Gasteiger partial charge in [0, 0.05) is 23.8 Å². The lowest BCUT2D eigenvalue weighted by Crippen LogP contribution is -2.29. The number of pyridine rings is 1. The van der Waals surface area contributed by atoms with E-state index in [1.165, 1.54) is 0 Å². The van der Waals surface area contributed by atoms with Gasteiger partial charge >= 0.3 is 0 Å².